The molecule has 0 bridgehead atoms. The van der Waals surface area contributed by atoms with Crippen molar-refractivity contribution in [2.45, 2.75) is 26.2 Å². The molecule has 1 rings (SSSR count). The van der Waals surface area contributed by atoms with E-state index in [0.717, 1.165) is 0 Å². The van der Waals surface area contributed by atoms with Crippen LogP contribution in [0.25, 0.3) is 0 Å². The van der Waals surface area contributed by atoms with E-state index in [1.165, 1.54) is 17.3 Å². The van der Waals surface area contributed by atoms with Gasteiger partial charge < -0.3 is 5.21 Å². The van der Waals surface area contributed by atoms with Crippen LogP contribution in [0.3, 0.4) is 0 Å². The third kappa shape index (κ3) is 2.90. The van der Waals surface area contributed by atoms with Gasteiger partial charge in [-0.2, -0.15) is 0 Å². The number of oxime groups is 1. The van der Waals surface area contributed by atoms with Gasteiger partial charge >= 0.3 is 0 Å². The van der Waals surface area contributed by atoms with Crippen LogP contribution in [0.5, 0.6) is 0 Å². The van der Waals surface area contributed by atoms with Gasteiger partial charge in [-0.05, 0) is 17.0 Å². The van der Waals surface area contributed by atoms with Crippen LogP contribution < -0.4 is 0 Å². The second kappa shape index (κ2) is 4.65. The molecule has 0 aromatic heterocycles. The summed E-state index contributed by atoms with van der Waals surface area (Å²) < 4.78 is 0. The van der Waals surface area contributed by atoms with Crippen LogP contribution in [-0.4, -0.2) is 11.4 Å². The highest BCUT2D eigenvalue weighted by atomic mass is 16.4. The van der Waals surface area contributed by atoms with Gasteiger partial charge in [0.15, 0.2) is 0 Å². The minimum atomic E-state index is 0.570. The molecule has 0 fully saturated rings. The van der Waals surface area contributed by atoms with Crippen molar-refractivity contribution in [3.8, 4) is 0 Å². The average Bonchev–Trinajstić information content (AvgIpc) is 2.15. The zero-order chi connectivity index (χ0) is 9.68. The Morgan fingerprint density at radius 1 is 1.31 bits per heavy atom. The summed E-state index contributed by atoms with van der Waals surface area (Å²) in [6.45, 7) is 4.34. The van der Waals surface area contributed by atoms with E-state index in [4.69, 9.17) is 5.21 Å². The van der Waals surface area contributed by atoms with E-state index >= 15 is 0 Å². The summed E-state index contributed by atoms with van der Waals surface area (Å²) in [5.74, 6) is 0.570. The molecule has 0 amide bonds. The number of rotatable bonds is 3. The van der Waals surface area contributed by atoms with Crippen LogP contribution in [0.1, 0.15) is 30.9 Å². The highest BCUT2D eigenvalue weighted by Crippen LogP contribution is 2.14. The Morgan fingerprint density at radius 2 is 1.92 bits per heavy atom. The van der Waals surface area contributed by atoms with E-state index in [0.29, 0.717) is 12.3 Å². The molecule has 0 spiro atoms. The largest absolute Gasteiger partial charge is 0.411 e. The quantitative estimate of drug-likeness (QED) is 0.430. The number of nitrogens with zero attached hydrogens (tertiary/aromatic N) is 1. The molecule has 0 saturated carbocycles. The summed E-state index contributed by atoms with van der Waals surface area (Å²) in [4.78, 5) is 0. The highest BCUT2D eigenvalue weighted by molar-refractivity contribution is 5.60. The van der Waals surface area contributed by atoms with Crippen LogP contribution in [0.2, 0.25) is 0 Å². The fourth-order valence-corrected chi connectivity index (χ4v) is 1.18. The fraction of sp³-hybridized carbons (Fsp3) is 0.364. The van der Waals surface area contributed by atoms with Crippen molar-refractivity contribution in [3.63, 3.8) is 0 Å². The van der Waals surface area contributed by atoms with Crippen molar-refractivity contribution in [1.82, 2.24) is 0 Å². The van der Waals surface area contributed by atoms with Crippen LogP contribution in [0.4, 0.5) is 0 Å². The molecule has 0 aliphatic carbocycles. The summed E-state index contributed by atoms with van der Waals surface area (Å²) in [5, 5.41) is 11.2. The molecule has 0 saturated heterocycles. The second-order valence-corrected chi connectivity index (χ2v) is 3.40. The molecular weight excluding hydrogens is 162 g/mol. The Bertz CT molecular complexity index is 275. The zero-order valence-electron chi connectivity index (χ0n) is 8.07. The predicted octanol–water partition coefficient (Wildman–Crippen LogP) is 2.81. The molecular formula is C11H15NO. The number of hydrogen-bond donors (Lipinski definition) is 1. The molecule has 1 aromatic carbocycles. The van der Waals surface area contributed by atoms with Crippen LogP contribution in [0.15, 0.2) is 29.4 Å². The monoisotopic (exact) mass is 177 g/mol. The Balaban J connectivity index is 2.69. The van der Waals surface area contributed by atoms with Crippen molar-refractivity contribution in [1.29, 1.82) is 0 Å². The lowest BCUT2D eigenvalue weighted by Gasteiger charge is -2.04. The molecule has 0 radical (unpaired) electrons. The minimum absolute atomic E-state index is 0.570. The van der Waals surface area contributed by atoms with Gasteiger partial charge in [0.1, 0.15) is 0 Å². The molecule has 0 heterocycles. The van der Waals surface area contributed by atoms with E-state index in [9.17, 15) is 0 Å². The van der Waals surface area contributed by atoms with Crippen molar-refractivity contribution in [2.75, 3.05) is 0 Å². The summed E-state index contributed by atoms with van der Waals surface area (Å²) in [6, 6.07) is 8.37. The van der Waals surface area contributed by atoms with Gasteiger partial charge in [0, 0.05) is 12.6 Å². The first-order valence-electron chi connectivity index (χ1n) is 4.48. The van der Waals surface area contributed by atoms with Crippen LogP contribution in [-0.2, 0) is 6.42 Å². The Hall–Kier alpha value is -1.31. The topological polar surface area (TPSA) is 32.6 Å². The molecule has 70 valence electrons. The lowest BCUT2D eigenvalue weighted by Crippen LogP contribution is -1.89. The number of hydrogen-bond acceptors (Lipinski definition) is 2. The first-order chi connectivity index (χ1) is 6.24. The summed E-state index contributed by atoms with van der Waals surface area (Å²) >= 11 is 0. The fourth-order valence-electron chi connectivity index (χ4n) is 1.18. The standard InChI is InChI=1S/C11H15NO/c1-9(2)11-5-3-10(4-6-11)7-8-12-13/h3-6,8-9,13H,7H2,1-2H3/b12-8+. The average molecular weight is 177 g/mol. The smallest absolute Gasteiger partial charge is 0.0479 e. The lowest BCUT2D eigenvalue weighted by molar-refractivity contribution is 0.321. The molecule has 2 nitrogen and oxygen atoms in total. The van der Waals surface area contributed by atoms with Crippen LogP contribution >= 0.6 is 0 Å². The highest BCUT2D eigenvalue weighted by Gasteiger charge is 1.97. The van der Waals surface area contributed by atoms with Gasteiger partial charge in [-0.3, -0.25) is 0 Å². The Morgan fingerprint density at radius 3 is 2.38 bits per heavy atom. The molecule has 1 N–H and O–H groups in total. The van der Waals surface area contributed by atoms with Crippen molar-refractivity contribution >= 4 is 6.21 Å². The van der Waals surface area contributed by atoms with E-state index in [-0.39, 0.29) is 0 Å². The molecule has 0 aliphatic rings. The maximum Gasteiger partial charge on any atom is 0.0479 e. The summed E-state index contributed by atoms with van der Waals surface area (Å²) in [6.07, 6.45) is 2.18. The van der Waals surface area contributed by atoms with Gasteiger partial charge in [-0.25, -0.2) is 0 Å². The molecule has 1 aromatic rings. The van der Waals surface area contributed by atoms with E-state index in [1.54, 1.807) is 0 Å². The van der Waals surface area contributed by atoms with E-state index < -0.39 is 0 Å². The van der Waals surface area contributed by atoms with E-state index in [1.807, 2.05) is 0 Å². The van der Waals surface area contributed by atoms with Crippen molar-refractivity contribution in [3.05, 3.63) is 35.4 Å². The minimum Gasteiger partial charge on any atom is -0.411 e. The lowest BCUT2D eigenvalue weighted by atomic mass is 10.0. The van der Waals surface area contributed by atoms with Crippen LogP contribution in [0, 0.1) is 0 Å². The first-order valence-corrected chi connectivity index (χ1v) is 4.48. The summed E-state index contributed by atoms with van der Waals surface area (Å²) in [5.41, 5.74) is 2.51. The van der Waals surface area contributed by atoms with Gasteiger partial charge in [-0.15, -0.1) is 5.16 Å². The predicted molar refractivity (Wildman–Crippen MR) is 54.5 cm³/mol. The van der Waals surface area contributed by atoms with Gasteiger partial charge in [0.25, 0.3) is 0 Å². The number of benzene rings is 1. The maximum atomic E-state index is 8.24. The second-order valence-electron chi connectivity index (χ2n) is 3.40. The third-order valence-electron chi connectivity index (χ3n) is 2.06. The maximum absolute atomic E-state index is 8.24. The van der Waals surface area contributed by atoms with Gasteiger partial charge in [-0.1, -0.05) is 38.1 Å². The summed E-state index contributed by atoms with van der Waals surface area (Å²) in [7, 11) is 0. The molecule has 2 heteroatoms. The van der Waals surface area contributed by atoms with E-state index in [2.05, 4.69) is 43.3 Å². The van der Waals surface area contributed by atoms with Crippen molar-refractivity contribution < 1.29 is 5.21 Å². The third-order valence-corrected chi connectivity index (χ3v) is 2.06. The molecule has 0 aliphatic heterocycles. The molecule has 13 heavy (non-hydrogen) atoms. The molecule has 0 unspecified atom stereocenters. The molecule has 0 atom stereocenters. The van der Waals surface area contributed by atoms with Gasteiger partial charge in [0.2, 0.25) is 0 Å². The Kier molecular flexibility index (Phi) is 3.50. The SMILES string of the molecule is CC(C)c1ccc(C/C=N/O)cc1. The normalized spacial score (nSPS) is 11.3. The Labute approximate surface area is 78.9 Å². The van der Waals surface area contributed by atoms with Gasteiger partial charge in [0.05, 0.1) is 0 Å². The van der Waals surface area contributed by atoms with Crippen molar-refractivity contribution in [2.24, 2.45) is 5.16 Å². The first kappa shape index (κ1) is 9.78. The zero-order valence-corrected chi connectivity index (χ0v) is 8.07.